The van der Waals surface area contributed by atoms with Crippen LogP contribution in [0.15, 0.2) is 65.6 Å². The summed E-state index contributed by atoms with van der Waals surface area (Å²) in [6.07, 6.45) is 4.61. The number of benzene rings is 3. The molecule has 4 rings (SSSR count). The summed E-state index contributed by atoms with van der Waals surface area (Å²) in [5.74, 6) is 1.14. The van der Waals surface area contributed by atoms with Crippen molar-refractivity contribution in [3.05, 3.63) is 71.1 Å². The summed E-state index contributed by atoms with van der Waals surface area (Å²) in [5, 5.41) is 5.21. The van der Waals surface area contributed by atoms with E-state index in [0.717, 1.165) is 41.3 Å². The van der Waals surface area contributed by atoms with Gasteiger partial charge in [-0.2, -0.15) is 0 Å². The van der Waals surface area contributed by atoms with Gasteiger partial charge >= 0.3 is 0 Å². The fourth-order valence-electron chi connectivity index (χ4n) is 4.01. The van der Waals surface area contributed by atoms with Crippen molar-refractivity contribution in [2.45, 2.75) is 25.7 Å². The van der Waals surface area contributed by atoms with Crippen LogP contribution in [0.4, 0.5) is 5.69 Å². The number of thiocarbonyl (C=S) groups is 1. The van der Waals surface area contributed by atoms with Crippen LogP contribution in [0.3, 0.4) is 0 Å². The lowest BCUT2D eigenvalue weighted by molar-refractivity contribution is -0.122. The van der Waals surface area contributed by atoms with Crippen molar-refractivity contribution in [2.24, 2.45) is 0 Å². The van der Waals surface area contributed by atoms with Gasteiger partial charge in [-0.3, -0.25) is 14.5 Å². The molecular formula is C28H28N2O4S2. The lowest BCUT2D eigenvalue weighted by Crippen LogP contribution is -2.29. The van der Waals surface area contributed by atoms with Crippen LogP contribution >= 0.6 is 24.0 Å². The number of hydrogen-bond acceptors (Lipinski definition) is 6. The Morgan fingerprint density at radius 1 is 0.972 bits per heavy atom. The molecule has 0 unspecified atom stereocenters. The summed E-state index contributed by atoms with van der Waals surface area (Å²) >= 11 is 6.75. The zero-order chi connectivity index (χ0) is 25.5. The number of rotatable bonds is 10. The van der Waals surface area contributed by atoms with E-state index in [1.54, 1.807) is 19.1 Å². The number of anilines is 1. The highest BCUT2D eigenvalue weighted by Gasteiger charge is 2.31. The molecule has 1 heterocycles. The van der Waals surface area contributed by atoms with Crippen molar-refractivity contribution < 1.29 is 19.1 Å². The third kappa shape index (κ3) is 6.25. The Hall–Kier alpha value is -3.36. The lowest BCUT2D eigenvalue weighted by Gasteiger charge is -2.14. The van der Waals surface area contributed by atoms with Gasteiger partial charge in [-0.25, -0.2) is 0 Å². The largest absolute Gasteiger partial charge is 0.493 e. The molecule has 1 aliphatic rings. The number of carbonyl (C=O) groups is 2. The lowest BCUT2D eigenvalue weighted by atomic mass is 10.1. The van der Waals surface area contributed by atoms with E-state index < -0.39 is 0 Å². The molecule has 2 amide bonds. The summed E-state index contributed by atoms with van der Waals surface area (Å²) in [6, 6.07) is 19.5. The number of methoxy groups -OCH3 is 2. The van der Waals surface area contributed by atoms with Crippen LogP contribution in [0.5, 0.6) is 11.5 Å². The van der Waals surface area contributed by atoms with Gasteiger partial charge in [0.1, 0.15) is 4.32 Å². The molecule has 36 heavy (non-hydrogen) atoms. The van der Waals surface area contributed by atoms with E-state index in [1.807, 2.05) is 66.7 Å². The maximum absolute atomic E-state index is 12.9. The number of thioether (sulfide) groups is 1. The van der Waals surface area contributed by atoms with Crippen molar-refractivity contribution in [1.82, 2.24) is 4.90 Å². The van der Waals surface area contributed by atoms with Crippen LogP contribution < -0.4 is 14.8 Å². The second-order valence-corrected chi connectivity index (χ2v) is 10.0. The van der Waals surface area contributed by atoms with Crippen molar-refractivity contribution in [1.29, 1.82) is 0 Å². The number of nitrogens with zero attached hydrogens (tertiary/aromatic N) is 1. The van der Waals surface area contributed by atoms with Crippen molar-refractivity contribution in [3.63, 3.8) is 0 Å². The average molecular weight is 521 g/mol. The SMILES string of the molecule is COc1ccc(/C=C2\SC(=S)N(CCCCCC(=O)Nc3ccc4ccccc4c3)C2=O)cc1OC. The van der Waals surface area contributed by atoms with Gasteiger partial charge in [0.15, 0.2) is 11.5 Å². The Labute approximate surface area is 220 Å². The summed E-state index contributed by atoms with van der Waals surface area (Å²) in [5.41, 5.74) is 1.64. The molecule has 1 saturated heterocycles. The van der Waals surface area contributed by atoms with E-state index in [-0.39, 0.29) is 11.8 Å². The van der Waals surface area contributed by atoms with Gasteiger partial charge < -0.3 is 14.8 Å². The quantitative estimate of drug-likeness (QED) is 0.193. The first kappa shape index (κ1) is 25.7. The first-order valence-corrected chi connectivity index (χ1v) is 13.0. The monoisotopic (exact) mass is 520 g/mol. The number of fused-ring (bicyclic) bond motifs is 1. The highest BCUT2D eigenvalue weighted by atomic mass is 32.2. The molecule has 3 aromatic rings. The van der Waals surface area contributed by atoms with Gasteiger partial charge in [0.2, 0.25) is 5.91 Å². The van der Waals surface area contributed by atoms with Crippen LogP contribution in [0.25, 0.3) is 16.8 Å². The number of amides is 2. The molecule has 0 saturated carbocycles. The third-order valence-corrected chi connectivity index (χ3v) is 7.28. The first-order chi connectivity index (χ1) is 17.5. The molecule has 186 valence electrons. The zero-order valence-electron chi connectivity index (χ0n) is 20.3. The summed E-state index contributed by atoms with van der Waals surface area (Å²) < 4.78 is 11.2. The van der Waals surface area contributed by atoms with Crippen LogP contribution in [0, 0.1) is 0 Å². The van der Waals surface area contributed by atoms with Crippen LogP contribution in [0.1, 0.15) is 31.2 Å². The standard InChI is InChI=1S/C28H28N2O4S2/c1-33-23-14-11-19(16-24(23)34-2)17-25-27(32)30(28(35)36-25)15-7-3-4-10-26(31)29-22-13-12-20-8-5-6-9-21(20)18-22/h5-6,8-9,11-14,16-18H,3-4,7,10,15H2,1-2H3,(H,29,31)/b25-17-. The van der Waals surface area contributed by atoms with Gasteiger partial charge in [-0.1, -0.05) is 66.8 Å². The molecular weight excluding hydrogens is 492 g/mol. The Bertz CT molecular complexity index is 1320. The number of hydrogen-bond donors (Lipinski definition) is 1. The van der Waals surface area contributed by atoms with Gasteiger partial charge in [-0.05, 0) is 59.5 Å². The number of ether oxygens (including phenoxy) is 2. The van der Waals surface area contributed by atoms with Crippen molar-refractivity contribution in [2.75, 3.05) is 26.1 Å². The second kappa shape index (κ2) is 12.1. The smallest absolute Gasteiger partial charge is 0.266 e. The van der Waals surface area contributed by atoms with Gasteiger partial charge in [0.05, 0.1) is 19.1 Å². The number of unbranched alkanes of at least 4 members (excludes halogenated alkanes) is 2. The molecule has 0 atom stereocenters. The van der Waals surface area contributed by atoms with E-state index in [2.05, 4.69) is 5.32 Å². The fourth-order valence-corrected chi connectivity index (χ4v) is 5.32. The minimum atomic E-state index is -0.0890. The topological polar surface area (TPSA) is 67.9 Å². The minimum Gasteiger partial charge on any atom is -0.493 e. The predicted molar refractivity (Wildman–Crippen MR) is 150 cm³/mol. The molecule has 0 spiro atoms. The molecule has 8 heteroatoms. The highest BCUT2D eigenvalue weighted by Crippen LogP contribution is 2.35. The van der Waals surface area contributed by atoms with Crippen LogP contribution in [0.2, 0.25) is 0 Å². The molecule has 3 aromatic carbocycles. The Balaban J connectivity index is 1.23. The molecule has 6 nitrogen and oxygen atoms in total. The fraction of sp³-hybridized carbons (Fsp3) is 0.250. The van der Waals surface area contributed by atoms with Crippen LogP contribution in [-0.2, 0) is 9.59 Å². The van der Waals surface area contributed by atoms with E-state index in [1.165, 1.54) is 11.8 Å². The highest BCUT2D eigenvalue weighted by molar-refractivity contribution is 8.26. The van der Waals surface area contributed by atoms with Gasteiger partial charge in [0.25, 0.3) is 5.91 Å². The maximum atomic E-state index is 12.9. The van der Waals surface area contributed by atoms with Gasteiger partial charge in [0, 0.05) is 18.7 Å². The van der Waals surface area contributed by atoms with Gasteiger partial charge in [-0.15, -0.1) is 0 Å². The van der Waals surface area contributed by atoms with Crippen LogP contribution in [-0.4, -0.2) is 41.8 Å². The average Bonchev–Trinajstić information content (AvgIpc) is 3.15. The summed E-state index contributed by atoms with van der Waals surface area (Å²) in [4.78, 5) is 27.5. The minimum absolute atomic E-state index is 0.00579. The Morgan fingerprint density at radius 2 is 1.75 bits per heavy atom. The van der Waals surface area contributed by atoms with E-state index in [4.69, 9.17) is 21.7 Å². The van der Waals surface area contributed by atoms with E-state index in [0.29, 0.717) is 33.7 Å². The Kier molecular flexibility index (Phi) is 8.61. The summed E-state index contributed by atoms with van der Waals surface area (Å²) in [6.45, 7) is 0.542. The number of nitrogens with one attached hydrogen (secondary N) is 1. The first-order valence-electron chi connectivity index (χ1n) is 11.7. The van der Waals surface area contributed by atoms with Crippen molar-refractivity contribution in [3.8, 4) is 11.5 Å². The van der Waals surface area contributed by atoms with E-state index in [9.17, 15) is 9.59 Å². The molecule has 0 aromatic heterocycles. The molecule has 0 radical (unpaired) electrons. The summed E-state index contributed by atoms with van der Waals surface area (Å²) in [7, 11) is 3.16. The number of carbonyl (C=O) groups excluding carboxylic acids is 2. The predicted octanol–water partition coefficient (Wildman–Crippen LogP) is 6.26. The molecule has 0 bridgehead atoms. The Morgan fingerprint density at radius 3 is 2.53 bits per heavy atom. The molecule has 1 fully saturated rings. The molecule has 1 aliphatic heterocycles. The third-order valence-electron chi connectivity index (χ3n) is 5.90. The molecule has 1 N–H and O–H groups in total. The van der Waals surface area contributed by atoms with Crippen molar-refractivity contribution >= 4 is 62.7 Å². The zero-order valence-corrected chi connectivity index (χ0v) is 21.9. The second-order valence-electron chi connectivity index (χ2n) is 8.37. The van der Waals surface area contributed by atoms with E-state index >= 15 is 0 Å². The maximum Gasteiger partial charge on any atom is 0.266 e. The molecule has 0 aliphatic carbocycles. The normalized spacial score (nSPS) is 14.5.